The van der Waals surface area contributed by atoms with E-state index in [1.54, 1.807) is 18.6 Å². The normalized spacial score (nSPS) is 10.8. The van der Waals surface area contributed by atoms with Gasteiger partial charge >= 0.3 is 0 Å². The van der Waals surface area contributed by atoms with E-state index in [-0.39, 0.29) is 0 Å². The van der Waals surface area contributed by atoms with Crippen LogP contribution in [-0.2, 0) is 6.54 Å². The van der Waals surface area contributed by atoms with E-state index < -0.39 is 0 Å². The van der Waals surface area contributed by atoms with E-state index in [0.29, 0.717) is 18.0 Å². The molecule has 0 saturated heterocycles. The van der Waals surface area contributed by atoms with Crippen LogP contribution >= 0.6 is 0 Å². The highest BCUT2D eigenvalue weighted by Gasteiger charge is 2.10. The molecule has 0 spiro atoms. The topological polar surface area (TPSA) is 79.5 Å². The number of hydrogen-bond acceptors (Lipinski definition) is 5. The second-order valence-electron chi connectivity index (χ2n) is 5.85. The summed E-state index contributed by atoms with van der Waals surface area (Å²) in [4.78, 5) is 13.1. The fraction of sp³-hybridized carbons (Fsp3) is 0.100. The molecular weight excluding hydrogens is 324 g/mol. The Bertz CT molecular complexity index is 1100. The number of benzene rings is 1. The zero-order valence-electron chi connectivity index (χ0n) is 14.3. The van der Waals surface area contributed by atoms with Crippen molar-refractivity contribution in [3.63, 3.8) is 0 Å². The van der Waals surface area contributed by atoms with E-state index in [1.165, 1.54) is 0 Å². The summed E-state index contributed by atoms with van der Waals surface area (Å²) in [7, 11) is 0. The minimum Gasteiger partial charge on any atom is -0.324 e. The summed E-state index contributed by atoms with van der Waals surface area (Å²) in [5.41, 5.74) is 3.89. The van der Waals surface area contributed by atoms with Crippen molar-refractivity contribution in [3.05, 3.63) is 72.6 Å². The minimum absolute atomic E-state index is 0.426. The van der Waals surface area contributed by atoms with Crippen molar-refractivity contribution >= 4 is 22.7 Å². The lowest BCUT2D eigenvalue weighted by Crippen LogP contribution is -2.22. The molecule has 0 saturated carbocycles. The van der Waals surface area contributed by atoms with Gasteiger partial charge in [0.2, 0.25) is 5.95 Å². The van der Waals surface area contributed by atoms with Crippen LogP contribution in [0.25, 0.3) is 22.2 Å². The Balaban J connectivity index is 1.85. The van der Waals surface area contributed by atoms with E-state index in [2.05, 4.69) is 20.3 Å². The second-order valence-corrected chi connectivity index (χ2v) is 5.85. The predicted molar refractivity (Wildman–Crippen MR) is 102 cm³/mol. The first kappa shape index (κ1) is 16.0. The number of anilines is 2. The van der Waals surface area contributed by atoms with Gasteiger partial charge in [0.25, 0.3) is 0 Å². The van der Waals surface area contributed by atoms with E-state index in [1.807, 2.05) is 60.0 Å². The molecule has 0 amide bonds. The Morgan fingerprint density at radius 3 is 2.58 bits per heavy atom. The van der Waals surface area contributed by atoms with Crippen molar-refractivity contribution in [1.29, 1.82) is 5.41 Å². The van der Waals surface area contributed by atoms with Gasteiger partial charge in [0, 0.05) is 41.8 Å². The van der Waals surface area contributed by atoms with E-state index >= 15 is 0 Å². The first-order chi connectivity index (χ1) is 12.8. The van der Waals surface area contributed by atoms with E-state index in [4.69, 9.17) is 5.41 Å². The van der Waals surface area contributed by atoms with Crippen LogP contribution in [0.1, 0.15) is 6.92 Å². The Morgan fingerprint density at radius 2 is 1.85 bits per heavy atom. The third-order valence-electron chi connectivity index (χ3n) is 4.21. The first-order valence-corrected chi connectivity index (χ1v) is 8.44. The summed E-state index contributed by atoms with van der Waals surface area (Å²) < 4.78 is 1.89. The number of aryl methyl sites for hydroxylation is 1. The lowest BCUT2D eigenvalue weighted by molar-refractivity contribution is 0.726. The number of nitrogens with zero attached hydrogens (tertiary/aromatic N) is 4. The van der Waals surface area contributed by atoms with Gasteiger partial charge in [0.05, 0.1) is 0 Å². The van der Waals surface area contributed by atoms with E-state index in [9.17, 15) is 0 Å². The monoisotopic (exact) mass is 342 g/mol. The SMILES string of the molecule is CCn1c(=N)c(-c2ccncc2)cc2cnc(Nc3ccccc3)nc21. The first-order valence-electron chi connectivity index (χ1n) is 8.44. The van der Waals surface area contributed by atoms with Crippen LogP contribution in [-0.4, -0.2) is 19.5 Å². The zero-order valence-corrected chi connectivity index (χ0v) is 14.3. The molecule has 1 aromatic carbocycles. The molecule has 128 valence electrons. The Hall–Kier alpha value is -3.54. The molecule has 6 nitrogen and oxygen atoms in total. The molecule has 0 aliphatic heterocycles. The molecule has 0 unspecified atom stereocenters. The number of fused-ring (bicyclic) bond motifs is 1. The van der Waals surface area contributed by atoms with E-state index in [0.717, 1.165) is 27.8 Å². The van der Waals surface area contributed by atoms with Gasteiger partial charge in [0.15, 0.2) is 0 Å². The van der Waals surface area contributed by atoms with Crippen molar-refractivity contribution < 1.29 is 0 Å². The van der Waals surface area contributed by atoms with Crippen LogP contribution < -0.4 is 10.8 Å². The second kappa shape index (κ2) is 6.76. The maximum Gasteiger partial charge on any atom is 0.229 e. The van der Waals surface area contributed by atoms with Crippen molar-refractivity contribution in [1.82, 2.24) is 19.5 Å². The summed E-state index contributed by atoms with van der Waals surface area (Å²) in [5, 5.41) is 12.7. The van der Waals surface area contributed by atoms with Gasteiger partial charge in [-0.3, -0.25) is 10.4 Å². The number of para-hydroxylation sites is 1. The van der Waals surface area contributed by atoms with Crippen LogP contribution in [0.2, 0.25) is 0 Å². The molecule has 26 heavy (non-hydrogen) atoms. The zero-order chi connectivity index (χ0) is 17.9. The van der Waals surface area contributed by atoms with Crippen LogP contribution in [0.15, 0.2) is 67.1 Å². The highest BCUT2D eigenvalue weighted by molar-refractivity contribution is 5.81. The predicted octanol–water partition coefficient (Wildman–Crippen LogP) is 3.74. The van der Waals surface area contributed by atoms with Crippen molar-refractivity contribution in [2.75, 3.05) is 5.32 Å². The maximum atomic E-state index is 8.62. The van der Waals surface area contributed by atoms with Crippen molar-refractivity contribution in [2.45, 2.75) is 13.5 Å². The van der Waals surface area contributed by atoms with Crippen molar-refractivity contribution in [2.24, 2.45) is 0 Å². The van der Waals surface area contributed by atoms with Crippen LogP contribution in [0.3, 0.4) is 0 Å². The highest BCUT2D eigenvalue weighted by Crippen LogP contribution is 2.21. The summed E-state index contributed by atoms with van der Waals surface area (Å²) in [6.45, 7) is 2.66. The molecule has 4 aromatic rings. The Kier molecular flexibility index (Phi) is 4.15. The van der Waals surface area contributed by atoms with Gasteiger partial charge < -0.3 is 9.88 Å². The van der Waals surface area contributed by atoms with Gasteiger partial charge in [-0.25, -0.2) is 4.98 Å². The number of hydrogen-bond donors (Lipinski definition) is 2. The third kappa shape index (κ3) is 2.93. The van der Waals surface area contributed by atoms with Gasteiger partial charge in [-0.05, 0) is 42.8 Å². The minimum atomic E-state index is 0.426. The third-order valence-corrected chi connectivity index (χ3v) is 4.21. The molecule has 4 rings (SSSR count). The molecule has 0 atom stereocenters. The molecule has 0 fully saturated rings. The molecule has 2 N–H and O–H groups in total. The maximum absolute atomic E-state index is 8.62. The molecule has 3 heterocycles. The fourth-order valence-corrected chi connectivity index (χ4v) is 2.95. The van der Waals surface area contributed by atoms with Crippen molar-refractivity contribution in [3.8, 4) is 11.1 Å². The summed E-state index contributed by atoms with van der Waals surface area (Å²) in [5.74, 6) is 0.516. The molecule has 0 aliphatic rings. The van der Waals surface area contributed by atoms with Gasteiger partial charge in [-0.15, -0.1) is 0 Å². The molecule has 0 bridgehead atoms. The standard InChI is InChI=1S/C20H18N6/c1-2-26-18(21)17(14-8-10-22-11-9-14)12-15-13-23-20(25-19(15)26)24-16-6-4-3-5-7-16/h3-13,21H,2H2,1H3,(H,23,24,25). The number of pyridine rings is 2. The average molecular weight is 342 g/mol. The lowest BCUT2D eigenvalue weighted by Gasteiger charge is -2.13. The van der Waals surface area contributed by atoms with Gasteiger partial charge in [0.1, 0.15) is 11.1 Å². The highest BCUT2D eigenvalue weighted by atomic mass is 15.1. The number of aromatic nitrogens is 4. The molecule has 6 heteroatoms. The summed E-state index contributed by atoms with van der Waals surface area (Å²) in [6, 6.07) is 15.6. The van der Waals surface area contributed by atoms with Gasteiger partial charge in [-0.2, -0.15) is 4.98 Å². The van der Waals surface area contributed by atoms with Crippen LogP contribution in [0.5, 0.6) is 0 Å². The van der Waals surface area contributed by atoms with Crippen LogP contribution in [0.4, 0.5) is 11.6 Å². The summed E-state index contributed by atoms with van der Waals surface area (Å²) in [6.07, 6.45) is 5.27. The van der Waals surface area contributed by atoms with Gasteiger partial charge in [-0.1, -0.05) is 18.2 Å². The Morgan fingerprint density at radius 1 is 1.08 bits per heavy atom. The Labute approximate surface area is 150 Å². The summed E-state index contributed by atoms with van der Waals surface area (Å²) >= 11 is 0. The molecule has 0 radical (unpaired) electrons. The largest absolute Gasteiger partial charge is 0.324 e. The smallest absolute Gasteiger partial charge is 0.229 e. The number of nitrogens with one attached hydrogen (secondary N) is 2. The molecule has 0 aliphatic carbocycles. The average Bonchev–Trinajstić information content (AvgIpc) is 2.69. The molecular formula is C20H18N6. The fourth-order valence-electron chi connectivity index (χ4n) is 2.95. The molecule has 3 aromatic heterocycles. The lowest BCUT2D eigenvalue weighted by atomic mass is 10.1. The van der Waals surface area contributed by atoms with Crippen LogP contribution in [0, 0.1) is 5.41 Å². The quantitative estimate of drug-likeness (QED) is 0.592. The number of rotatable bonds is 4.